The average molecular weight is 413 g/mol. The zero-order valence-corrected chi connectivity index (χ0v) is 17.3. The molecule has 1 atom stereocenters. The summed E-state index contributed by atoms with van der Waals surface area (Å²) in [6.07, 6.45) is -0.110. The first-order valence-electron chi connectivity index (χ1n) is 10.5. The lowest BCUT2D eigenvalue weighted by molar-refractivity contribution is -0.139. The number of aryl methyl sites for hydroxylation is 1. The first kappa shape index (κ1) is 19.4. The van der Waals surface area contributed by atoms with Crippen LogP contribution in [0.2, 0.25) is 0 Å². The minimum absolute atomic E-state index is 0.0228. The molecule has 0 spiro atoms. The molecule has 1 saturated heterocycles. The molecule has 0 saturated carbocycles. The Morgan fingerprint density at radius 2 is 1.58 bits per heavy atom. The van der Waals surface area contributed by atoms with Crippen LogP contribution in [0, 0.1) is 6.92 Å². The Hall–Kier alpha value is -3.60. The highest BCUT2D eigenvalue weighted by Crippen LogP contribution is 2.44. The Labute approximate surface area is 181 Å². The van der Waals surface area contributed by atoms with Gasteiger partial charge < -0.3 is 9.47 Å². The van der Waals surface area contributed by atoms with Crippen LogP contribution < -0.4 is 0 Å². The summed E-state index contributed by atoms with van der Waals surface area (Å²) in [6, 6.07) is 23.6. The second-order valence-electron chi connectivity index (χ2n) is 8.01. The number of benzene rings is 3. The molecule has 5 rings (SSSR count). The number of carbonyl (C=O) groups excluding carboxylic acids is 2. The molecule has 0 aromatic heterocycles. The summed E-state index contributed by atoms with van der Waals surface area (Å²) in [7, 11) is 0. The van der Waals surface area contributed by atoms with E-state index in [4.69, 9.17) is 9.47 Å². The lowest BCUT2D eigenvalue weighted by atomic mass is 9.98. The molecule has 1 aliphatic heterocycles. The van der Waals surface area contributed by atoms with E-state index in [2.05, 4.69) is 24.3 Å². The molecule has 1 amide bonds. The molecule has 0 radical (unpaired) electrons. The summed E-state index contributed by atoms with van der Waals surface area (Å²) in [6.45, 7) is 2.13. The maximum Gasteiger partial charge on any atom is 0.413 e. The van der Waals surface area contributed by atoms with E-state index in [1.165, 1.54) is 16.0 Å². The lowest BCUT2D eigenvalue weighted by Crippen LogP contribution is -2.40. The van der Waals surface area contributed by atoms with Gasteiger partial charge in [-0.2, -0.15) is 0 Å². The zero-order valence-electron chi connectivity index (χ0n) is 17.3. The molecule has 31 heavy (non-hydrogen) atoms. The van der Waals surface area contributed by atoms with E-state index in [0.717, 1.165) is 22.3 Å². The highest BCUT2D eigenvalue weighted by molar-refractivity contribution is 5.84. The highest BCUT2D eigenvalue weighted by atomic mass is 16.6. The Morgan fingerprint density at radius 3 is 2.26 bits per heavy atom. The van der Waals surface area contributed by atoms with Crippen LogP contribution in [0.4, 0.5) is 4.79 Å². The second-order valence-corrected chi connectivity index (χ2v) is 8.01. The third-order valence-electron chi connectivity index (χ3n) is 6.24. The topological polar surface area (TPSA) is 55.8 Å². The van der Waals surface area contributed by atoms with Gasteiger partial charge in [0.05, 0.1) is 0 Å². The maximum absolute atomic E-state index is 12.9. The second kappa shape index (κ2) is 7.91. The highest BCUT2D eigenvalue weighted by Gasteiger charge is 2.39. The van der Waals surface area contributed by atoms with E-state index in [1.807, 2.05) is 55.5 Å². The molecule has 1 fully saturated rings. The number of cyclic esters (lactones) is 1. The van der Waals surface area contributed by atoms with Crippen molar-refractivity contribution in [2.45, 2.75) is 25.3 Å². The van der Waals surface area contributed by atoms with Crippen molar-refractivity contribution in [3.8, 4) is 11.1 Å². The summed E-state index contributed by atoms with van der Waals surface area (Å²) in [5.74, 6) is -0.415. The smallest absolute Gasteiger partial charge is 0.413 e. The largest absolute Gasteiger partial charge is 0.448 e. The van der Waals surface area contributed by atoms with E-state index in [9.17, 15) is 9.59 Å². The van der Waals surface area contributed by atoms with Gasteiger partial charge in [-0.3, -0.25) is 4.90 Å². The number of hydrogen-bond acceptors (Lipinski definition) is 4. The van der Waals surface area contributed by atoms with Crippen molar-refractivity contribution in [2.75, 3.05) is 13.3 Å². The van der Waals surface area contributed by atoms with Crippen molar-refractivity contribution in [3.63, 3.8) is 0 Å². The van der Waals surface area contributed by atoms with Gasteiger partial charge in [-0.15, -0.1) is 0 Å². The number of carbonyl (C=O) groups is 2. The van der Waals surface area contributed by atoms with Gasteiger partial charge in [-0.1, -0.05) is 72.8 Å². The molecule has 3 aromatic rings. The summed E-state index contributed by atoms with van der Waals surface area (Å²) in [5, 5.41) is 0. The number of ether oxygens (including phenoxy) is 2. The van der Waals surface area contributed by atoms with Crippen molar-refractivity contribution in [2.24, 2.45) is 0 Å². The molecule has 1 aliphatic carbocycles. The van der Waals surface area contributed by atoms with Crippen molar-refractivity contribution in [1.29, 1.82) is 0 Å². The zero-order chi connectivity index (χ0) is 21.4. The third kappa shape index (κ3) is 3.46. The van der Waals surface area contributed by atoms with Crippen molar-refractivity contribution in [1.82, 2.24) is 4.90 Å². The molecule has 156 valence electrons. The minimum Gasteiger partial charge on any atom is -0.448 e. The average Bonchev–Trinajstić information content (AvgIpc) is 3.32. The van der Waals surface area contributed by atoms with Crippen LogP contribution in [0.5, 0.6) is 0 Å². The number of fused-ring (bicyclic) bond motifs is 3. The van der Waals surface area contributed by atoms with Gasteiger partial charge in [0.25, 0.3) is 0 Å². The Bertz CT molecular complexity index is 1110. The van der Waals surface area contributed by atoms with Crippen molar-refractivity contribution >= 4 is 12.1 Å². The van der Waals surface area contributed by atoms with Gasteiger partial charge in [0.15, 0.2) is 6.73 Å². The monoisotopic (exact) mass is 413 g/mol. The summed E-state index contributed by atoms with van der Waals surface area (Å²) >= 11 is 0. The van der Waals surface area contributed by atoms with Crippen LogP contribution >= 0.6 is 0 Å². The van der Waals surface area contributed by atoms with Gasteiger partial charge in [0, 0.05) is 12.3 Å². The van der Waals surface area contributed by atoms with E-state index >= 15 is 0 Å². The number of amides is 1. The van der Waals surface area contributed by atoms with Crippen molar-refractivity contribution in [3.05, 3.63) is 95.1 Å². The van der Waals surface area contributed by atoms with Crippen LogP contribution in [-0.4, -0.2) is 36.3 Å². The van der Waals surface area contributed by atoms with Crippen LogP contribution in [-0.2, 0) is 20.7 Å². The molecular formula is C26H23NO4. The normalized spacial score (nSPS) is 17.3. The van der Waals surface area contributed by atoms with Crippen molar-refractivity contribution < 1.29 is 19.1 Å². The molecule has 1 heterocycles. The van der Waals surface area contributed by atoms with E-state index < -0.39 is 18.1 Å². The molecule has 5 heteroatoms. The fourth-order valence-corrected chi connectivity index (χ4v) is 4.54. The van der Waals surface area contributed by atoms with E-state index in [-0.39, 0.29) is 19.3 Å². The predicted octanol–water partition coefficient (Wildman–Crippen LogP) is 4.67. The quantitative estimate of drug-likeness (QED) is 0.583. The number of nitrogens with zero attached hydrogens (tertiary/aromatic N) is 1. The predicted molar refractivity (Wildman–Crippen MR) is 117 cm³/mol. The lowest BCUT2D eigenvalue weighted by Gasteiger charge is -2.22. The molecule has 0 bridgehead atoms. The summed E-state index contributed by atoms with van der Waals surface area (Å²) in [5.41, 5.74) is 6.76. The molecule has 0 N–H and O–H groups in total. The summed E-state index contributed by atoms with van der Waals surface area (Å²) in [4.78, 5) is 26.6. The maximum atomic E-state index is 12.9. The van der Waals surface area contributed by atoms with Gasteiger partial charge >= 0.3 is 12.1 Å². The van der Waals surface area contributed by atoms with Gasteiger partial charge in [0.2, 0.25) is 0 Å². The first-order valence-corrected chi connectivity index (χ1v) is 10.5. The van der Waals surface area contributed by atoms with Gasteiger partial charge in [0.1, 0.15) is 12.6 Å². The molecule has 1 unspecified atom stereocenters. The van der Waals surface area contributed by atoms with Crippen LogP contribution in [0.3, 0.4) is 0 Å². The van der Waals surface area contributed by atoms with Gasteiger partial charge in [-0.25, -0.2) is 9.59 Å². The first-order chi connectivity index (χ1) is 15.1. The van der Waals surface area contributed by atoms with E-state index in [0.29, 0.717) is 6.42 Å². The Kier molecular flexibility index (Phi) is 4.94. The van der Waals surface area contributed by atoms with Crippen LogP contribution in [0.1, 0.15) is 28.2 Å². The third-order valence-corrected chi connectivity index (χ3v) is 6.24. The van der Waals surface area contributed by atoms with E-state index in [1.54, 1.807) is 0 Å². The Balaban J connectivity index is 1.32. The summed E-state index contributed by atoms with van der Waals surface area (Å²) < 4.78 is 10.9. The minimum atomic E-state index is -0.670. The molecule has 5 nitrogen and oxygen atoms in total. The number of esters is 1. The fraction of sp³-hybridized carbons (Fsp3) is 0.231. The van der Waals surface area contributed by atoms with Crippen LogP contribution in [0.25, 0.3) is 11.1 Å². The molecular weight excluding hydrogens is 390 g/mol. The number of hydrogen-bond donors (Lipinski definition) is 0. The molecule has 3 aromatic carbocycles. The molecule has 2 aliphatic rings. The number of rotatable bonds is 4. The van der Waals surface area contributed by atoms with Gasteiger partial charge in [-0.05, 0) is 40.3 Å². The van der Waals surface area contributed by atoms with Crippen LogP contribution in [0.15, 0.2) is 72.8 Å². The Morgan fingerprint density at radius 1 is 0.968 bits per heavy atom. The fourth-order valence-electron chi connectivity index (χ4n) is 4.54. The standard InChI is InChI=1S/C26H23NO4/c1-17-8-2-3-9-18(17)14-24-25(28)31-16-27(24)26(29)30-15-23-21-12-6-4-10-19(21)20-11-5-7-13-22(20)23/h2-13,23-24H,14-16H2,1H3. The SMILES string of the molecule is Cc1ccccc1CC1C(=O)OCN1C(=O)OCC1c2ccccc2-c2ccccc21.